The lowest BCUT2D eigenvalue weighted by Gasteiger charge is -2.19. The van der Waals surface area contributed by atoms with E-state index in [1.54, 1.807) is 0 Å². The fourth-order valence-electron chi connectivity index (χ4n) is 0.960. The van der Waals surface area contributed by atoms with Crippen molar-refractivity contribution in [1.29, 1.82) is 0 Å². The number of hydrogen-bond acceptors (Lipinski definition) is 4. The van der Waals surface area contributed by atoms with Crippen molar-refractivity contribution in [2.75, 3.05) is 6.54 Å². The highest BCUT2D eigenvalue weighted by Crippen LogP contribution is 2.15. The number of carbonyl (C=O) groups excluding carboxylic acids is 1. The summed E-state index contributed by atoms with van der Waals surface area (Å²) in [6, 6.07) is 0. The smallest absolute Gasteiger partial charge is 0.407 e. The highest BCUT2D eigenvalue weighted by molar-refractivity contribution is 9.10. The van der Waals surface area contributed by atoms with Gasteiger partial charge in [-0.2, -0.15) is 0 Å². The first kappa shape index (κ1) is 14.2. The molecule has 1 aromatic rings. The summed E-state index contributed by atoms with van der Waals surface area (Å²) in [6.07, 6.45) is 3.27. The van der Waals surface area contributed by atoms with Gasteiger partial charge in [-0.3, -0.25) is 0 Å². The predicted molar refractivity (Wildman–Crippen MR) is 73.1 cm³/mol. The minimum atomic E-state index is -0.464. The van der Waals surface area contributed by atoms with E-state index in [9.17, 15) is 4.79 Å². The third-order valence-corrected chi connectivity index (χ3v) is 3.04. The van der Waals surface area contributed by atoms with Crippen LogP contribution in [0.3, 0.4) is 0 Å². The number of amides is 1. The van der Waals surface area contributed by atoms with Gasteiger partial charge in [-0.05, 0) is 42.8 Å². The Morgan fingerprint density at radius 2 is 2.35 bits per heavy atom. The number of aromatic nitrogens is 1. The lowest BCUT2D eigenvalue weighted by Crippen LogP contribution is -2.32. The number of thiazole rings is 1. The van der Waals surface area contributed by atoms with E-state index < -0.39 is 11.7 Å². The van der Waals surface area contributed by atoms with E-state index >= 15 is 0 Å². The number of halogens is 1. The Hall–Kier alpha value is -0.880. The van der Waals surface area contributed by atoms with Gasteiger partial charge < -0.3 is 10.1 Å². The summed E-state index contributed by atoms with van der Waals surface area (Å²) >= 11 is 4.80. The minimum absolute atomic E-state index is 0.414. The van der Waals surface area contributed by atoms with Crippen LogP contribution in [0.15, 0.2) is 16.1 Å². The summed E-state index contributed by atoms with van der Waals surface area (Å²) in [5, 5.41) is 5.43. The van der Waals surface area contributed by atoms with Gasteiger partial charge in [-0.25, -0.2) is 9.78 Å². The Bertz CT molecular complexity index is 410. The topological polar surface area (TPSA) is 51.2 Å². The van der Waals surface area contributed by atoms with Gasteiger partial charge in [0, 0.05) is 11.9 Å². The van der Waals surface area contributed by atoms with Crippen LogP contribution in [-0.4, -0.2) is 23.2 Å². The molecule has 0 spiro atoms. The second kappa shape index (κ2) is 6.16. The summed E-state index contributed by atoms with van der Waals surface area (Å²) < 4.78 is 5.91. The van der Waals surface area contributed by atoms with Crippen molar-refractivity contribution in [3.05, 3.63) is 21.1 Å². The summed E-state index contributed by atoms with van der Waals surface area (Å²) in [6.45, 7) is 5.91. The van der Waals surface area contributed by atoms with Crippen LogP contribution in [0.2, 0.25) is 0 Å². The summed E-state index contributed by atoms with van der Waals surface area (Å²) in [7, 11) is 0. The molecule has 6 heteroatoms. The van der Waals surface area contributed by atoms with Crippen molar-refractivity contribution in [2.45, 2.75) is 26.4 Å². The monoisotopic (exact) mass is 318 g/mol. The quantitative estimate of drug-likeness (QED) is 0.928. The highest BCUT2D eigenvalue weighted by Gasteiger charge is 2.14. The average Bonchev–Trinajstić information content (AvgIpc) is 2.56. The molecule has 1 rings (SSSR count). The van der Waals surface area contributed by atoms with Crippen molar-refractivity contribution < 1.29 is 9.53 Å². The van der Waals surface area contributed by atoms with E-state index in [2.05, 4.69) is 26.2 Å². The van der Waals surface area contributed by atoms with Crippen molar-refractivity contribution in [2.24, 2.45) is 0 Å². The van der Waals surface area contributed by atoms with Crippen LogP contribution in [0.5, 0.6) is 0 Å². The van der Waals surface area contributed by atoms with Crippen molar-refractivity contribution >= 4 is 39.4 Å². The number of nitrogens with one attached hydrogen (secondary N) is 1. The molecule has 0 fully saturated rings. The second-order valence-corrected chi connectivity index (χ2v) is 6.00. The third kappa shape index (κ3) is 6.43. The van der Waals surface area contributed by atoms with Crippen LogP contribution in [-0.2, 0) is 4.74 Å². The molecule has 0 aromatic carbocycles. The van der Waals surface area contributed by atoms with Crippen LogP contribution in [0, 0.1) is 0 Å². The van der Waals surface area contributed by atoms with E-state index in [-0.39, 0.29) is 0 Å². The van der Waals surface area contributed by atoms with Gasteiger partial charge in [0.1, 0.15) is 15.2 Å². The Kier molecular flexibility index (Phi) is 5.14. The largest absolute Gasteiger partial charge is 0.444 e. The normalized spacial score (nSPS) is 11.8. The van der Waals surface area contributed by atoms with E-state index in [4.69, 9.17) is 4.74 Å². The molecule has 1 aromatic heterocycles. The molecule has 0 aliphatic carbocycles. The first-order valence-corrected chi connectivity index (χ1v) is 6.78. The first-order chi connectivity index (χ1) is 7.87. The van der Waals surface area contributed by atoms with Gasteiger partial charge >= 0.3 is 6.09 Å². The van der Waals surface area contributed by atoms with Crippen LogP contribution in [0.25, 0.3) is 6.08 Å². The van der Waals surface area contributed by atoms with Crippen LogP contribution in [0.4, 0.5) is 4.79 Å². The molecule has 0 aliphatic heterocycles. The summed E-state index contributed by atoms with van der Waals surface area (Å²) in [5.74, 6) is 0. The number of rotatable bonds is 3. The molecule has 0 saturated carbocycles. The zero-order valence-electron chi connectivity index (χ0n) is 9.99. The zero-order valence-corrected chi connectivity index (χ0v) is 12.4. The standard InChI is InChI=1S/C11H15BrN2O2S/c1-11(2,3)16-10(15)13-6-4-5-9-14-8(12)7-17-9/h4-5,7H,6H2,1-3H3,(H,13,15). The van der Waals surface area contributed by atoms with Crippen molar-refractivity contribution in [1.82, 2.24) is 10.3 Å². The Morgan fingerprint density at radius 1 is 1.65 bits per heavy atom. The summed E-state index contributed by atoms with van der Waals surface area (Å²) in [4.78, 5) is 15.5. The Morgan fingerprint density at radius 3 is 2.88 bits per heavy atom. The lowest BCUT2D eigenvalue weighted by atomic mass is 10.2. The molecule has 0 atom stereocenters. The number of carbonyl (C=O) groups is 1. The molecule has 0 radical (unpaired) electrons. The zero-order chi connectivity index (χ0) is 12.9. The summed E-state index contributed by atoms with van der Waals surface area (Å²) in [5.41, 5.74) is -0.464. The van der Waals surface area contributed by atoms with Crippen molar-refractivity contribution in [3.63, 3.8) is 0 Å². The Labute approximate surface area is 113 Å². The predicted octanol–water partition coefficient (Wildman–Crippen LogP) is 3.44. The molecular weight excluding hydrogens is 304 g/mol. The minimum Gasteiger partial charge on any atom is -0.444 e. The van der Waals surface area contributed by atoms with Crippen LogP contribution in [0.1, 0.15) is 25.8 Å². The number of alkyl carbamates (subject to hydrolysis) is 1. The van der Waals surface area contributed by atoms with E-state index in [1.807, 2.05) is 38.3 Å². The molecule has 0 unspecified atom stereocenters. The molecule has 0 saturated heterocycles. The van der Waals surface area contributed by atoms with Gasteiger partial charge in [0.05, 0.1) is 0 Å². The van der Waals surface area contributed by atoms with E-state index in [1.165, 1.54) is 11.3 Å². The lowest BCUT2D eigenvalue weighted by molar-refractivity contribution is 0.0534. The molecule has 4 nitrogen and oxygen atoms in total. The molecule has 1 amide bonds. The SMILES string of the molecule is CC(C)(C)OC(=O)NCC=Cc1nc(Br)cs1. The molecule has 0 bridgehead atoms. The van der Waals surface area contributed by atoms with Gasteiger partial charge in [0.25, 0.3) is 0 Å². The maximum atomic E-state index is 11.3. The first-order valence-electron chi connectivity index (χ1n) is 5.11. The maximum absolute atomic E-state index is 11.3. The average molecular weight is 319 g/mol. The molecule has 94 valence electrons. The molecule has 0 aliphatic rings. The maximum Gasteiger partial charge on any atom is 0.407 e. The van der Waals surface area contributed by atoms with Crippen LogP contribution >= 0.6 is 27.3 Å². The second-order valence-electron chi connectivity index (χ2n) is 4.29. The molecule has 1 heterocycles. The Balaban J connectivity index is 2.28. The van der Waals surface area contributed by atoms with E-state index in [0.29, 0.717) is 6.54 Å². The molecule has 17 heavy (non-hydrogen) atoms. The van der Waals surface area contributed by atoms with Crippen LogP contribution < -0.4 is 5.32 Å². The van der Waals surface area contributed by atoms with Gasteiger partial charge in [-0.15, -0.1) is 11.3 Å². The van der Waals surface area contributed by atoms with Gasteiger partial charge in [0.15, 0.2) is 0 Å². The van der Waals surface area contributed by atoms with Gasteiger partial charge in [-0.1, -0.05) is 6.08 Å². The number of hydrogen-bond donors (Lipinski definition) is 1. The van der Waals surface area contributed by atoms with Gasteiger partial charge in [0.2, 0.25) is 0 Å². The molecular formula is C11H15BrN2O2S. The molecule has 1 N–H and O–H groups in total. The van der Waals surface area contributed by atoms with E-state index in [0.717, 1.165) is 9.61 Å². The number of nitrogens with zero attached hydrogens (tertiary/aromatic N) is 1. The fraction of sp³-hybridized carbons (Fsp3) is 0.455. The number of ether oxygens (including phenoxy) is 1. The van der Waals surface area contributed by atoms with Crippen molar-refractivity contribution in [3.8, 4) is 0 Å². The highest BCUT2D eigenvalue weighted by atomic mass is 79.9. The fourth-order valence-corrected chi connectivity index (χ4v) is 2.15. The third-order valence-electron chi connectivity index (χ3n) is 1.52.